The second kappa shape index (κ2) is 5.61. The van der Waals surface area contributed by atoms with Gasteiger partial charge in [-0.15, -0.1) is 11.3 Å². The normalized spacial score (nSPS) is 19.1. The van der Waals surface area contributed by atoms with Crippen molar-refractivity contribution >= 4 is 22.4 Å². The fourth-order valence-corrected chi connectivity index (χ4v) is 3.60. The fraction of sp³-hybridized carbons (Fsp3) is 0.733. The number of aryl methyl sites for hydroxylation is 1. The highest BCUT2D eigenvalue weighted by Crippen LogP contribution is 2.39. The van der Waals surface area contributed by atoms with Crippen molar-refractivity contribution in [3.8, 4) is 0 Å². The number of amides is 1. The predicted molar refractivity (Wildman–Crippen MR) is 80.6 cm³/mol. The minimum atomic E-state index is 0.0842. The summed E-state index contributed by atoms with van der Waals surface area (Å²) in [5.74, 6) is 0.780. The van der Waals surface area contributed by atoms with E-state index in [0.29, 0.717) is 17.8 Å². The second-order valence-corrected chi connectivity index (χ2v) is 7.58. The van der Waals surface area contributed by atoms with Gasteiger partial charge >= 0.3 is 0 Å². The van der Waals surface area contributed by atoms with Crippen LogP contribution in [-0.2, 0) is 17.6 Å². The zero-order valence-corrected chi connectivity index (χ0v) is 13.2. The molecule has 1 heterocycles. The number of fused-ring (bicyclic) bond motifs is 1. The molecular formula is C15H24N2OS. The molecule has 0 bridgehead atoms. The number of anilines is 1. The summed E-state index contributed by atoms with van der Waals surface area (Å²) in [4.78, 5) is 17.6. The first kappa shape index (κ1) is 14.5. The van der Waals surface area contributed by atoms with Crippen molar-refractivity contribution in [2.24, 2.45) is 11.3 Å². The molecule has 1 aliphatic carbocycles. The van der Waals surface area contributed by atoms with Gasteiger partial charge in [0.15, 0.2) is 5.13 Å². The molecule has 0 radical (unpaired) electrons. The molecule has 0 fully saturated rings. The Morgan fingerprint density at radius 3 is 2.84 bits per heavy atom. The molecule has 4 heteroatoms. The number of hydrogen-bond acceptors (Lipinski definition) is 3. The highest BCUT2D eigenvalue weighted by molar-refractivity contribution is 7.15. The Hall–Kier alpha value is -0.900. The number of carbonyl (C=O) groups excluding carboxylic acids is 1. The van der Waals surface area contributed by atoms with E-state index < -0.39 is 0 Å². The Balaban J connectivity index is 2.06. The van der Waals surface area contributed by atoms with Crippen LogP contribution in [0, 0.1) is 11.3 Å². The maximum atomic E-state index is 11.6. The van der Waals surface area contributed by atoms with Crippen molar-refractivity contribution in [2.75, 3.05) is 5.32 Å². The Kier molecular flexibility index (Phi) is 4.29. The van der Waals surface area contributed by atoms with Gasteiger partial charge in [0, 0.05) is 11.3 Å². The van der Waals surface area contributed by atoms with E-state index in [4.69, 9.17) is 0 Å². The van der Waals surface area contributed by atoms with E-state index in [1.54, 1.807) is 11.3 Å². The van der Waals surface area contributed by atoms with Crippen LogP contribution >= 0.6 is 11.3 Å². The van der Waals surface area contributed by atoms with Crippen molar-refractivity contribution in [3.63, 3.8) is 0 Å². The Morgan fingerprint density at radius 1 is 1.47 bits per heavy atom. The minimum absolute atomic E-state index is 0.0842. The smallest absolute Gasteiger partial charge is 0.226 e. The summed E-state index contributed by atoms with van der Waals surface area (Å²) in [6.45, 7) is 8.93. The summed E-state index contributed by atoms with van der Waals surface area (Å²) in [5.41, 5.74) is 1.55. The van der Waals surface area contributed by atoms with Crippen molar-refractivity contribution in [1.29, 1.82) is 0 Å². The lowest BCUT2D eigenvalue weighted by Crippen LogP contribution is -2.26. The number of rotatable bonds is 3. The van der Waals surface area contributed by atoms with E-state index in [2.05, 4.69) is 31.1 Å². The van der Waals surface area contributed by atoms with Gasteiger partial charge in [0.25, 0.3) is 0 Å². The number of carbonyl (C=O) groups is 1. The fourth-order valence-electron chi connectivity index (χ4n) is 2.58. The molecule has 0 unspecified atom stereocenters. The first-order chi connectivity index (χ1) is 8.90. The van der Waals surface area contributed by atoms with E-state index in [-0.39, 0.29) is 5.91 Å². The molecule has 1 N–H and O–H groups in total. The molecule has 1 aliphatic rings. The van der Waals surface area contributed by atoms with Gasteiger partial charge in [-0.2, -0.15) is 0 Å². The molecule has 0 saturated carbocycles. The third kappa shape index (κ3) is 3.56. The predicted octanol–water partition coefficient (Wildman–Crippen LogP) is 4.03. The van der Waals surface area contributed by atoms with E-state index in [9.17, 15) is 4.79 Å². The van der Waals surface area contributed by atoms with E-state index in [0.717, 1.165) is 24.4 Å². The SMILES string of the molecule is CCCC(=O)Nc1nc2c(s1)CC[C@@H](C(C)(C)C)C2. The summed E-state index contributed by atoms with van der Waals surface area (Å²) in [6.07, 6.45) is 4.86. The molecule has 0 spiro atoms. The summed E-state index contributed by atoms with van der Waals surface area (Å²) in [6, 6.07) is 0. The lowest BCUT2D eigenvalue weighted by molar-refractivity contribution is -0.116. The summed E-state index contributed by atoms with van der Waals surface area (Å²) in [5, 5.41) is 3.71. The second-order valence-electron chi connectivity index (χ2n) is 6.49. The van der Waals surface area contributed by atoms with Crippen LogP contribution in [0.4, 0.5) is 5.13 Å². The third-order valence-corrected chi connectivity index (χ3v) is 4.96. The van der Waals surface area contributed by atoms with Crippen molar-refractivity contribution in [3.05, 3.63) is 10.6 Å². The molecule has 1 atom stereocenters. The van der Waals surface area contributed by atoms with Gasteiger partial charge in [0.1, 0.15) is 0 Å². The van der Waals surface area contributed by atoms with E-state index in [1.165, 1.54) is 17.0 Å². The monoisotopic (exact) mass is 280 g/mol. The van der Waals surface area contributed by atoms with Crippen LogP contribution in [0.25, 0.3) is 0 Å². The summed E-state index contributed by atoms with van der Waals surface area (Å²) < 4.78 is 0. The molecule has 0 aliphatic heterocycles. The van der Waals surface area contributed by atoms with Crippen molar-refractivity contribution in [2.45, 2.75) is 59.8 Å². The van der Waals surface area contributed by atoms with Crippen LogP contribution in [0.1, 0.15) is 57.5 Å². The standard InChI is InChI=1S/C15H24N2OS/c1-5-6-13(18)17-14-16-11-9-10(15(2,3)4)7-8-12(11)19-14/h10H,5-9H2,1-4H3,(H,16,17,18)/t10-/m1/s1. The quantitative estimate of drug-likeness (QED) is 0.908. The molecule has 3 nitrogen and oxygen atoms in total. The lowest BCUT2D eigenvalue weighted by Gasteiger charge is -2.33. The zero-order valence-electron chi connectivity index (χ0n) is 12.4. The van der Waals surface area contributed by atoms with Crippen LogP contribution in [0.5, 0.6) is 0 Å². The Labute approximate surface area is 119 Å². The first-order valence-electron chi connectivity index (χ1n) is 7.18. The van der Waals surface area contributed by atoms with Gasteiger partial charge in [-0.25, -0.2) is 4.98 Å². The van der Waals surface area contributed by atoms with Crippen molar-refractivity contribution in [1.82, 2.24) is 4.98 Å². The zero-order chi connectivity index (χ0) is 14.0. The van der Waals surface area contributed by atoms with Gasteiger partial charge in [0.2, 0.25) is 5.91 Å². The van der Waals surface area contributed by atoms with E-state index in [1.807, 2.05) is 6.92 Å². The van der Waals surface area contributed by atoms with Crippen LogP contribution in [0.3, 0.4) is 0 Å². The summed E-state index contributed by atoms with van der Waals surface area (Å²) in [7, 11) is 0. The molecule has 1 aromatic rings. The molecule has 106 valence electrons. The van der Waals surface area contributed by atoms with Gasteiger partial charge in [-0.1, -0.05) is 27.7 Å². The van der Waals surface area contributed by atoms with Gasteiger partial charge in [-0.05, 0) is 37.0 Å². The number of thiazole rings is 1. The maximum absolute atomic E-state index is 11.6. The average molecular weight is 280 g/mol. The average Bonchev–Trinajstić information content (AvgIpc) is 2.68. The highest BCUT2D eigenvalue weighted by atomic mass is 32.1. The van der Waals surface area contributed by atoms with Crippen LogP contribution in [0.15, 0.2) is 0 Å². The minimum Gasteiger partial charge on any atom is -0.302 e. The van der Waals surface area contributed by atoms with Crippen LogP contribution in [-0.4, -0.2) is 10.9 Å². The first-order valence-corrected chi connectivity index (χ1v) is 8.00. The van der Waals surface area contributed by atoms with Gasteiger partial charge in [0.05, 0.1) is 5.69 Å². The molecule has 1 aromatic heterocycles. The Morgan fingerprint density at radius 2 is 2.21 bits per heavy atom. The van der Waals surface area contributed by atoms with E-state index >= 15 is 0 Å². The number of nitrogens with zero attached hydrogens (tertiary/aromatic N) is 1. The van der Waals surface area contributed by atoms with Crippen molar-refractivity contribution < 1.29 is 4.79 Å². The number of hydrogen-bond donors (Lipinski definition) is 1. The largest absolute Gasteiger partial charge is 0.302 e. The molecule has 19 heavy (non-hydrogen) atoms. The molecule has 1 amide bonds. The number of nitrogens with one attached hydrogen (secondary N) is 1. The topological polar surface area (TPSA) is 42.0 Å². The third-order valence-electron chi connectivity index (χ3n) is 3.89. The lowest BCUT2D eigenvalue weighted by atomic mass is 9.73. The molecule has 0 saturated heterocycles. The maximum Gasteiger partial charge on any atom is 0.226 e. The molecule has 2 rings (SSSR count). The highest BCUT2D eigenvalue weighted by Gasteiger charge is 2.30. The Bertz CT molecular complexity index is 459. The molecule has 0 aromatic carbocycles. The van der Waals surface area contributed by atoms with Crippen LogP contribution in [0.2, 0.25) is 0 Å². The van der Waals surface area contributed by atoms with Gasteiger partial charge < -0.3 is 5.32 Å². The number of aromatic nitrogens is 1. The summed E-state index contributed by atoms with van der Waals surface area (Å²) >= 11 is 1.66. The van der Waals surface area contributed by atoms with Gasteiger partial charge in [-0.3, -0.25) is 4.79 Å². The van der Waals surface area contributed by atoms with Crippen LogP contribution < -0.4 is 5.32 Å². The molecular weight excluding hydrogens is 256 g/mol.